The van der Waals surface area contributed by atoms with Crippen molar-refractivity contribution in [1.82, 2.24) is 10.2 Å². The van der Waals surface area contributed by atoms with Crippen LogP contribution in [-0.2, 0) is 20.7 Å². The lowest BCUT2D eigenvalue weighted by molar-refractivity contribution is -0.142. The molecular weight excluding hydrogens is 311 g/mol. The van der Waals surface area contributed by atoms with Gasteiger partial charge >= 0.3 is 5.97 Å². The normalized spacial score (nSPS) is 22.4. The Kier molecular flexibility index (Phi) is 5.45. The highest BCUT2D eigenvalue weighted by Crippen LogP contribution is 2.23. The van der Waals surface area contributed by atoms with Gasteiger partial charge in [-0.25, -0.2) is 4.39 Å². The van der Waals surface area contributed by atoms with Gasteiger partial charge < -0.3 is 10.1 Å². The third kappa shape index (κ3) is 3.93. The summed E-state index contributed by atoms with van der Waals surface area (Å²) in [4.78, 5) is 26.0. The first kappa shape index (κ1) is 16.9. The van der Waals surface area contributed by atoms with Crippen LogP contribution in [0.5, 0.6) is 0 Å². The molecule has 2 aliphatic heterocycles. The van der Waals surface area contributed by atoms with Crippen LogP contribution in [0.15, 0.2) is 24.3 Å². The molecule has 6 heteroatoms. The fourth-order valence-corrected chi connectivity index (χ4v) is 3.46. The molecule has 0 bridgehead atoms. The molecule has 1 aromatic carbocycles. The average molecular weight is 334 g/mol. The van der Waals surface area contributed by atoms with Crippen molar-refractivity contribution in [2.45, 2.75) is 31.7 Å². The smallest absolute Gasteiger partial charge is 0.323 e. The van der Waals surface area contributed by atoms with Crippen LogP contribution in [0.1, 0.15) is 24.8 Å². The predicted molar refractivity (Wildman–Crippen MR) is 86.8 cm³/mol. The molecule has 0 aromatic heterocycles. The number of carbonyl (C=O) groups excluding carboxylic acids is 2. The molecule has 0 radical (unpaired) electrons. The van der Waals surface area contributed by atoms with Gasteiger partial charge in [0, 0.05) is 18.9 Å². The van der Waals surface area contributed by atoms with E-state index in [2.05, 4.69) is 10.2 Å². The largest absolute Gasteiger partial charge is 0.464 e. The number of piperidine rings is 1. The maximum atomic E-state index is 13.5. The van der Waals surface area contributed by atoms with Gasteiger partial charge in [-0.2, -0.15) is 0 Å². The molecule has 0 saturated carbocycles. The summed E-state index contributed by atoms with van der Waals surface area (Å²) in [5.74, 6) is -0.370. The van der Waals surface area contributed by atoms with Crippen LogP contribution < -0.4 is 5.32 Å². The van der Waals surface area contributed by atoms with Crippen molar-refractivity contribution in [1.29, 1.82) is 0 Å². The van der Waals surface area contributed by atoms with Crippen LogP contribution in [0.4, 0.5) is 4.39 Å². The van der Waals surface area contributed by atoms with E-state index < -0.39 is 0 Å². The highest BCUT2D eigenvalue weighted by atomic mass is 19.1. The second-order valence-corrected chi connectivity index (χ2v) is 6.41. The third-order valence-electron chi connectivity index (χ3n) is 4.90. The highest BCUT2D eigenvalue weighted by molar-refractivity contribution is 5.79. The number of rotatable bonds is 5. The van der Waals surface area contributed by atoms with E-state index in [0.717, 1.165) is 32.4 Å². The van der Waals surface area contributed by atoms with E-state index in [1.54, 1.807) is 18.2 Å². The van der Waals surface area contributed by atoms with Crippen molar-refractivity contribution in [3.8, 4) is 0 Å². The number of carbonyl (C=O) groups is 2. The van der Waals surface area contributed by atoms with Gasteiger partial charge in [0.1, 0.15) is 11.9 Å². The van der Waals surface area contributed by atoms with Gasteiger partial charge in [0.2, 0.25) is 5.91 Å². The lowest BCUT2D eigenvalue weighted by Gasteiger charge is -2.33. The van der Waals surface area contributed by atoms with E-state index in [1.807, 2.05) is 0 Å². The number of nitrogens with one attached hydrogen (secondary N) is 1. The van der Waals surface area contributed by atoms with Gasteiger partial charge in [0.05, 0.1) is 6.61 Å². The summed E-state index contributed by atoms with van der Waals surface area (Å²) in [6.07, 6.45) is 2.73. The first-order valence-corrected chi connectivity index (χ1v) is 8.57. The van der Waals surface area contributed by atoms with Gasteiger partial charge in [0.15, 0.2) is 0 Å². The number of esters is 1. The first-order valence-electron chi connectivity index (χ1n) is 8.57. The van der Waals surface area contributed by atoms with Crippen LogP contribution in [0.25, 0.3) is 0 Å². The lowest BCUT2D eigenvalue weighted by atomic mass is 9.94. The van der Waals surface area contributed by atoms with Crippen molar-refractivity contribution < 1.29 is 18.7 Å². The molecular formula is C18H23FN2O3. The molecule has 2 fully saturated rings. The molecule has 0 aliphatic carbocycles. The predicted octanol–water partition coefficient (Wildman–Crippen LogP) is 1.51. The summed E-state index contributed by atoms with van der Waals surface area (Å²) in [6, 6.07) is 6.49. The van der Waals surface area contributed by atoms with Gasteiger partial charge in [-0.15, -0.1) is 0 Å². The van der Waals surface area contributed by atoms with E-state index in [9.17, 15) is 14.0 Å². The van der Waals surface area contributed by atoms with Gasteiger partial charge in [0.25, 0.3) is 0 Å². The van der Waals surface area contributed by atoms with Gasteiger partial charge in [-0.3, -0.25) is 14.5 Å². The Morgan fingerprint density at radius 2 is 2.00 bits per heavy atom. The molecule has 0 spiro atoms. The fourth-order valence-electron chi connectivity index (χ4n) is 3.46. The molecule has 1 unspecified atom stereocenters. The number of hydrogen-bond acceptors (Lipinski definition) is 4. The van der Waals surface area contributed by atoms with Crippen molar-refractivity contribution in [2.75, 3.05) is 26.2 Å². The number of amides is 1. The zero-order chi connectivity index (χ0) is 16.9. The van der Waals surface area contributed by atoms with Crippen LogP contribution in [0.3, 0.4) is 0 Å². The van der Waals surface area contributed by atoms with Gasteiger partial charge in [-0.1, -0.05) is 18.2 Å². The fraction of sp³-hybridized carbons (Fsp3) is 0.556. The quantitative estimate of drug-likeness (QED) is 0.830. The van der Waals surface area contributed by atoms with Crippen LogP contribution in [-0.4, -0.2) is 49.1 Å². The minimum absolute atomic E-state index is 0.0278. The van der Waals surface area contributed by atoms with Crippen LogP contribution in [0.2, 0.25) is 0 Å². The SMILES string of the molecule is O=C(NCCc1ccccc1F)C1CCN(C2CCOC2=O)CC1. The summed E-state index contributed by atoms with van der Waals surface area (Å²) in [6.45, 7) is 2.42. The highest BCUT2D eigenvalue weighted by Gasteiger charge is 2.35. The summed E-state index contributed by atoms with van der Waals surface area (Å²) in [5, 5.41) is 2.91. The Balaban J connectivity index is 1.41. The first-order chi connectivity index (χ1) is 11.6. The number of likely N-dealkylation sites (tertiary alicyclic amines) is 1. The van der Waals surface area contributed by atoms with Crippen LogP contribution in [0, 0.1) is 11.7 Å². The van der Waals surface area contributed by atoms with Crippen molar-refractivity contribution in [3.63, 3.8) is 0 Å². The minimum Gasteiger partial charge on any atom is -0.464 e. The van der Waals surface area contributed by atoms with Gasteiger partial charge in [-0.05, 0) is 44.0 Å². The molecule has 2 aliphatic rings. The van der Waals surface area contributed by atoms with E-state index >= 15 is 0 Å². The molecule has 1 amide bonds. The molecule has 1 N–H and O–H groups in total. The molecule has 5 nitrogen and oxygen atoms in total. The maximum Gasteiger partial charge on any atom is 0.323 e. The van der Waals surface area contributed by atoms with E-state index in [-0.39, 0.29) is 29.7 Å². The Morgan fingerprint density at radius 3 is 2.67 bits per heavy atom. The molecule has 2 saturated heterocycles. The van der Waals surface area contributed by atoms with Crippen molar-refractivity contribution in [3.05, 3.63) is 35.6 Å². The Bertz CT molecular complexity index is 600. The number of halogens is 1. The summed E-state index contributed by atoms with van der Waals surface area (Å²) in [7, 11) is 0. The summed E-state index contributed by atoms with van der Waals surface area (Å²) in [5.41, 5.74) is 0.618. The zero-order valence-electron chi connectivity index (χ0n) is 13.7. The molecule has 1 aromatic rings. The number of nitrogens with zero attached hydrogens (tertiary/aromatic N) is 1. The Labute approximate surface area is 141 Å². The lowest BCUT2D eigenvalue weighted by Crippen LogP contribution is -2.46. The van der Waals surface area contributed by atoms with E-state index in [0.29, 0.717) is 25.1 Å². The summed E-state index contributed by atoms with van der Waals surface area (Å²) >= 11 is 0. The Morgan fingerprint density at radius 1 is 1.25 bits per heavy atom. The number of ether oxygens (including phenoxy) is 1. The molecule has 24 heavy (non-hydrogen) atoms. The van der Waals surface area contributed by atoms with Crippen molar-refractivity contribution >= 4 is 11.9 Å². The Hall–Kier alpha value is -1.95. The molecule has 2 heterocycles. The number of hydrogen-bond donors (Lipinski definition) is 1. The summed E-state index contributed by atoms with van der Waals surface area (Å²) < 4.78 is 18.5. The minimum atomic E-state index is -0.233. The van der Waals surface area contributed by atoms with Crippen LogP contribution >= 0.6 is 0 Å². The monoisotopic (exact) mass is 334 g/mol. The second-order valence-electron chi connectivity index (χ2n) is 6.41. The average Bonchev–Trinajstić information content (AvgIpc) is 3.03. The second kappa shape index (κ2) is 7.75. The third-order valence-corrected chi connectivity index (χ3v) is 4.90. The van der Waals surface area contributed by atoms with Crippen molar-refractivity contribution in [2.24, 2.45) is 5.92 Å². The molecule has 3 rings (SSSR count). The van der Waals surface area contributed by atoms with E-state index in [1.165, 1.54) is 6.07 Å². The van der Waals surface area contributed by atoms with E-state index in [4.69, 9.17) is 4.74 Å². The zero-order valence-corrected chi connectivity index (χ0v) is 13.7. The number of cyclic esters (lactones) is 1. The maximum absolute atomic E-state index is 13.5. The topological polar surface area (TPSA) is 58.6 Å². The molecule has 1 atom stereocenters. The molecule has 130 valence electrons. The number of benzene rings is 1. The standard InChI is InChI=1S/C18H23FN2O3/c19-15-4-2-1-3-13(15)5-9-20-17(22)14-6-10-21(11-7-14)16-8-12-24-18(16)23/h1-4,14,16H,5-12H2,(H,20,22).